The van der Waals surface area contributed by atoms with E-state index in [1.807, 2.05) is 27.7 Å². The van der Waals surface area contributed by atoms with Gasteiger partial charge in [-0.1, -0.05) is 27.7 Å². The van der Waals surface area contributed by atoms with Gasteiger partial charge in [-0.15, -0.1) is 0 Å². The summed E-state index contributed by atoms with van der Waals surface area (Å²) in [7, 11) is 0. The molecule has 25 heavy (non-hydrogen) atoms. The van der Waals surface area contributed by atoms with Gasteiger partial charge in [0.05, 0.1) is 0 Å². The number of nitrogens with two attached hydrogens (primary N) is 3. The topological polar surface area (TPSA) is 153 Å². The molecule has 0 saturated heterocycles. The van der Waals surface area contributed by atoms with E-state index >= 15 is 0 Å². The summed E-state index contributed by atoms with van der Waals surface area (Å²) in [5, 5.41) is 18.7. The molecule has 0 aliphatic rings. The molecule has 0 fully saturated rings. The first-order valence-electron chi connectivity index (χ1n) is 8.61. The van der Waals surface area contributed by atoms with E-state index < -0.39 is 34.3 Å². The second-order valence-electron chi connectivity index (χ2n) is 7.93. The lowest BCUT2D eigenvalue weighted by Crippen LogP contribution is -2.59. The lowest BCUT2D eigenvalue weighted by atomic mass is 9.80. The van der Waals surface area contributed by atoms with Crippen LogP contribution in [0.15, 0.2) is 0 Å². The maximum absolute atomic E-state index is 11.8. The van der Waals surface area contributed by atoms with Crippen LogP contribution in [0, 0.1) is 11.8 Å². The van der Waals surface area contributed by atoms with E-state index in [2.05, 4.69) is 0 Å². The minimum Gasteiger partial charge on any atom is -0.480 e. The number of rotatable bonds is 12. The number of hydrogen-bond acceptors (Lipinski definition) is 6. The summed E-state index contributed by atoms with van der Waals surface area (Å²) in [6.45, 7) is 7.64. The van der Waals surface area contributed by atoms with Crippen LogP contribution in [0.4, 0.5) is 0 Å². The summed E-state index contributed by atoms with van der Waals surface area (Å²) in [5.74, 6) is -1.93. The Labute approximate surface area is 155 Å². The van der Waals surface area contributed by atoms with Crippen LogP contribution in [0.1, 0.15) is 53.4 Å². The van der Waals surface area contributed by atoms with Crippen molar-refractivity contribution >= 4 is 23.7 Å². The number of thioether (sulfide) groups is 1. The Morgan fingerprint density at radius 2 is 1.44 bits per heavy atom. The molecule has 0 heterocycles. The molecule has 0 aromatic heterocycles. The van der Waals surface area contributed by atoms with Crippen molar-refractivity contribution in [2.75, 3.05) is 6.26 Å². The number of aliphatic carboxylic acids is 2. The molecule has 8 N–H and O–H groups in total. The highest BCUT2D eigenvalue weighted by Gasteiger charge is 2.44. The Hall–Kier alpha value is -0.830. The fourth-order valence-electron chi connectivity index (χ4n) is 3.36. The zero-order chi connectivity index (χ0) is 20.0. The molecule has 4 atom stereocenters. The highest BCUT2D eigenvalue weighted by molar-refractivity contribution is 7.99. The summed E-state index contributed by atoms with van der Waals surface area (Å²) < 4.78 is 0. The van der Waals surface area contributed by atoms with Crippen molar-refractivity contribution in [3.8, 4) is 0 Å². The van der Waals surface area contributed by atoms with E-state index in [9.17, 15) is 19.8 Å². The van der Waals surface area contributed by atoms with Crippen molar-refractivity contribution in [3.63, 3.8) is 0 Å². The molecule has 0 radical (unpaired) electrons. The van der Waals surface area contributed by atoms with Gasteiger partial charge >= 0.3 is 11.9 Å². The minimum absolute atomic E-state index is 0.0783. The summed E-state index contributed by atoms with van der Waals surface area (Å²) in [6.07, 6.45) is 2.79. The number of carboxylic acids is 2. The third-order valence-electron chi connectivity index (χ3n) is 4.34. The predicted molar refractivity (Wildman–Crippen MR) is 103 cm³/mol. The Morgan fingerprint density at radius 1 is 0.960 bits per heavy atom. The summed E-state index contributed by atoms with van der Waals surface area (Å²) >= 11 is 1.35. The Balaban J connectivity index is 5.28. The van der Waals surface area contributed by atoms with Gasteiger partial charge in [0.1, 0.15) is 11.1 Å². The van der Waals surface area contributed by atoms with Gasteiger partial charge in [-0.25, -0.2) is 0 Å². The fourth-order valence-corrected chi connectivity index (χ4v) is 4.42. The smallest absolute Gasteiger partial charge is 0.324 e. The summed E-state index contributed by atoms with van der Waals surface area (Å²) in [6, 6.07) is -0.549. The molecule has 0 amide bonds. The normalized spacial score (nSPS) is 19.3. The monoisotopic (exact) mass is 377 g/mol. The van der Waals surface area contributed by atoms with Crippen LogP contribution in [-0.2, 0) is 9.59 Å². The average molecular weight is 378 g/mol. The van der Waals surface area contributed by atoms with Crippen molar-refractivity contribution in [3.05, 3.63) is 0 Å². The quantitative estimate of drug-likeness (QED) is 0.343. The SMILES string of the molecule is CSC(CC(N)CC(N)(CC(C)C)C(=O)O)C(N)(CC(C)C)C(=O)O. The van der Waals surface area contributed by atoms with Crippen LogP contribution in [-0.4, -0.2) is 50.8 Å². The number of carboxylic acid groups (broad SMARTS) is 2. The third-order valence-corrected chi connectivity index (χ3v) is 5.53. The van der Waals surface area contributed by atoms with E-state index in [1.165, 1.54) is 11.8 Å². The largest absolute Gasteiger partial charge is 0.480 e. The van der Waals surface area contributed by atoms with Crippen molar-refractivity contribution in [2.24, 2.45) is 29.0 Å². The van der Waals surface area contributed by atoms with Crippen molar-refractivity contribution in [1.29, 1.82) is 0 Å². The molecule has 0 aromatic rings. The standard InChI is InChI=1S/C17H35N3O4S/c1-10(2)7-16(19,14(21)22)9-12(18)6-13(25-5)17(20,15(23)24)8-11(3)4/h10-13H,6-9,18-20H2,1-5H3,(H,21,22)(H,23,24). The number of carbonyl (C=O) groups is 2. The minimum atomic E-state index is -1.42. The zero-order valence-corrected chi connectivity index (χ0v) is 16.8. The van der Waals surface area contributed by atoms with Crippen LogP contribution in [0.3, 0.4) is 0 Å². The lowest BCUT2D eigenvalue weighted by Gasteiger charge is -2.37. The summed E-state index contributed by atoms with van der Waals surface area (Å²) in [4.78, 5) is 23.4. The first kappa shape index (κ1) is 24.2. The maximum atomic E-state index is 11.8. The Kier molecular flexibility index (Phi) is 9.43. The molecule has 8 heteroatoms. The highest BCUT2D eigenvalue weighted by atomic mass is 32.2. The zero-order valence-electron chi connectivity index (χ0n) is 16.0. The molecule has 7 nitrogen and oxygen atoms in total. The molecule has 0 aromatic carbocycles. The molecule has 0 rings (SSSR count). The molecule has 0 bridgehead atoms. The van der Waals surface area contributed by atoms with Gasteiger partial charge in [0.25, 0.3) is 0 Å². The average Bonchev–Trinajstić information content (AvgIpc) is 2.42. The van der Waals surface area contributed by atoms with E-state index in [0.717, 1.165) is 0 Å². The second-order valence-corrected chi connectivity index (χ2v) is 8.97. The van der Waals surface area contributed by atoms with Crippen molar-refractivity contribution in [1.82, 2.24) is 0 Å². The first-order valence-corrected chi connectivity index (χ1v) is 9.90. The van der Waals surface area contributed by atoms with Gasteiger partial charge < -0.3 is 27.4 Å². The van der Waals surface area contributed by atoms with Gasteiger partial charge in [-0.2, -0.15) is 11.8 Å². The van der Waals surface area contributed by atoms with E-state index in [-0.39, 0.29) is 18.3 Å². The van der Waals surface area contributed by atoms with Gasteiger partial charge in [0.2, 0.25) is 0 Å². The van der Waals surface area contributed by atoms with Crippen LogP contribution in [0.25, 0.3) is 0 Å². The second kappa shape index (κ2) is 9.75. The molecular formula is C17H35N3O4S. The van der Waals surface area contributed by atoms with Gasteiger partial charge in [0, 0.05) is 11.3 Å². The summed E-state index contributed by atoms with van der Waals surface area (Å²) in [5.41, 5.74) is 15.6. The molecular weight excluding hydrogens is 342 g/mol. The van der Waals surface area contributed by atoms with Crippen LogP contribution < -0.4 is 17.2 Å². The third kappa shape index (κ3) is 7.13. The fraction of sp³-hybridized carbons (Fsp3) is 0.882. The van der Waals surface area contributed by atoms with E-state index in [1.54, 1.807) is 6.26 Å². The number of hydrogen-bond donors (Lipinski definition) is 5. The highest BCUT2D eigenvalue weighted by Crippen LogP contribution is 2.31. The van der Waals surface area contributed by atoms with Crippen LogP contribution in [0.2, 0.25) is 0 Å². The van der Waals surface area contributed by atoms with Gasteiger partial charge in [0.15, 0.2) is 0 Å². The molecule has 0 spiro atoms. The Bertz CT molecular complexity index is 461. The van der Waals surface area contributed by atoms with Crippen molar-refractivity contribution in [2.45, 2.75) is 75.7 Å². The molecule has 4 unspecified atom stereocenters. The van der Waals surface area contributed by atoms with Crippen LogP contribution in [0.5, 0.6) is 0 Å². The Morgan fingerprint density at radius 3 is 1.76 bits per heavy atom. The first-order chi connectivity index (χ1) is 11.3. The maximum Gasteiger partial charge on any atom is 0.324 e. The molecule has 0 aliphatic heterocycles. The molecule has 0 aliphatic carbocycles. The molecule has 0 saturated carbocycles. The van der Waals surface area contributed by atoms with Gasteiger partial charge in [-0.05, 0) is 43.8 Å². The van der Waals surface area contributed by atoms with Crippen LogP contribution >= 0.6 is 11.8 Å². The van der Waals surface area contributed by atoms with Gasteiger partial charge in [-0.3, -0.25) is 9.59 Å². The molecule has 148 valence electrons. The van der Waals surface area contributed by atoms with E-state index in [4.69, 9.17) is 17.2 Å². The van der Waals surface area contributed by atoms with Crippen molar-refractivity contribution < 1.29 is 19.8 Å². The predicted octanol–water partition coefficient (Wildman–Crippen LogP) is 1.48. The van der Waals surface area contributed by atoms with E-state index in [0.29, 0.717) is 19.3 Å². The lowest BCUT2D eigenvalue weighted by molar-refractivity contribution is -0.145.